The number of hydrogen-bond donors (Lipinski definition) is 2. The minimum atomic E-state index is -0.653. The van der Waals surface area contributed by atoms with Gasteiger partial charge >= 0.3 is 5.69 Å². The second kappa shape index (κ2) is 10.2. The van der Waals surface area contributed by atoms with Crippen molar-refractivity contribution in [1.82, 2.24) is 14.5 Å². The Hall–Kier alpha value is -2.41. The maximum Gasteiger partial charge on any atom is 0.332 e. The fraction of sp³-hybridized carbons (Fsp3) is 0.571. The average Bonchev–Trinajstić information content (AvgIpc) is 2.68. The molecule has 3 N–H and O–H groups in total. The van der Waals surface area contributed by atoms with Gasteiger partial charge in [0.05, 0.1) is 10.9 Å². The maximum atomic E-state index is 13.0. The van der Waals surface area contributed by atoms with Gasteiger partial charge in [-0.2, -0.15) is 0 Å². The molecule has 7 heteroatoms. The van der Waals surface area contributed by atoms with Crippen molar-refractivity contribution in [3.63, 3.8) is 0 Å². The lowest BCUT2D eigenvalue weighted by Gasteiger charge is -2.21. The first-order valence-corrected chi connectivity index (χ1v) is 10.2. The molecule has 1 unspecified atom stereocenters. The zero-order chi connectivity index (χ0) is 20.7. The molecule has 0 spiro atoms. The third kappa shape index (κ3) is 4.70. The number of hydrogen-bond acceptors (Lipinski definition) is 4. The van der Waals surface area contributed by atoms with E-state index in [1.165, 1.54) is 9.13 Å². The topological polar surface area (TPSA) is 99.1 Å². The van der Waals surface area contributed by atoms with Crippen molar-refractivity contribution in [3.05, 3.63) is 44.6 Å². The number of nitrogens with two attached hydrogens (primary N) is 1. The van der Waals surface area contributed by atoms with Gasteiger partial charge in [0.25, 0.3) is 5.56 Å². The number of unbranched alkanes of at least 4 members (excludes halogenated alkanes) is 3. The van der Waals surface area contributed by atoms with Crippen LogP contribution in [0.5, 0.6) is 0 Å². The summed E-state index contributed by atoms with van der Waals surface area (Å²) in [7, 11) is 0. The van der Waals surface area contributed by atoms with Gasteiger partial charge in [-0.15, -0.1) is 0 Å². The number of rotatable bonds is 10. The number of fused-ring (bicyclic) bond motifs is 1. The van der Waals surface area contributed by atoms with E-state index in [0.29, 0.717) is 30.4 Å². The molecule has 1 atom stereocenters. The standard InChI is InChI=1S/C21H32N4O3/c1-4-17(19(26)23-13-9-7-6-8-12-22)25-18-11-10-15(3)14-16(18)20(27)24(5-2)21(25)28/h10-11,14,17H,4-9,12-13,22H2,1-3H3,(H,23,26). The number of amides is 1. The lowest BCUT2D eigenvalue weighted by atomic mass is 10.1. The van der Waals surface area contributed by atoms with Crippen LogP contribution in [0, 0.1) is 6.92 Å². The Kier molecular flexibility index (Phi) is 7.99. The summed E-state index contributed by atoms with van der Waals surface area (Å²) in [6.07, 6.45) is 4.39. The Morgan fingerprint density at radius 2 is 1.86 bits per heavy atom. The zero-order valence-corrected chi connectivity index (χ0v) is 17.2. The lowest BCUT2D eigenvalue weighted by molar-refractivity contribution is -0.124. The summed E-state index contributed by atoms with van der Waals surface area (Å²) in [4.78, 5) is 38.5. The third-order valence-corrected chi connectivity index (χ3v) is 5.07. The molecule has 7 nitrogen and oxygen atoms in total. The van der Waals surface area contributed by atoms with Gasteiger partial charge in [-0.3, -0.25) is 18.7 Å². The molecule has 154 valence electrons. The van der Waals surface area contributed by atoms with Crippen molar-refractivity contribution in [2.24, 2.45) is 5.73 Å². The first-order valence-electron chi connectivity index (χ1n) is 10.2. The fourth-order valence-corrected chi connectivity index (χ4v) is 3.51. The van der Waals surface area contributed by atoms with Crippen LogP contribution in [0.1, 0.15) is 57.6 Å². The number of aryl methyl sites for hydroxylation is 1. The van der Waals surface area contributed by atoms with Crippen LogP contribution >= 0.6 is 0 Å². The highest BCUT2D eigenvalue weighted by atomic mass is 16.2. The second-order valence-corrected chi connectivity index (χ2v) is 7.14. The summed E-state index contributed by atoms with van der Waals surface area (Å²) < 4.78 is 2.67. The van der Waals surface area contributed by atoms with Crippen LogP contribution in [0.2, 0.25) is 0 Å². The minimum absolute atomic E-state index is 0.188. The summed E-state index contributed by atoms with van der Waals surface area (Å²) in [5.41, 5.74) is 6.19. The highest BCUT2D eigenvalue weighted by Gasteiger charge is 2.24. The lowest BCUT2D eigenvalue weighted by Crippen LogP contribution is -2.45. The Morgan fingerprint density at radius 3 is 2.50 bits per heavy atom. The smallest absolute Gasteiger partial charge is 0.332 e. The summed E-state index contributed by atoms with van der Waals surface area (Å²) in [5, 5.41) is 3.41. The summed E-state index contributed by atoms with van der Waals surface area (Å²) in [6, 6.07) is 4.74. The van der Waals surface area contributed by atoms with E-state index < -0.39 is 11.7 Å². The molecule has 0 saturated carbocycles. The highest BCUT2D eigenvalue weighted by molar-refractivity contribution is 5.84. The second-order valence-electron chi connectivity index (χ2n) is 7.14. The molecule has 1 heterocycles. The van der Waals surface area contributed by atoms with Crippen LogP contribution in [0.4, 0.5) is 0 Å². The van der Waals surface area contributed by atoms with E-state index >= 15 is 0 Å². The number of carbonyl (C=O) groups excluding carboxylic acids is 1. The first-order chi connectivity index (χ1) is 13.5. The van der Waals surface area contributed by atoms with E-state index in [-0.39, 0.29) is 18.0 Å². The Balaban J connectivity index is 2.37. The van der Waals surface area contributed by atoms with Crippen molar-refractivity contribution >= 4 is 16.8 Å². The summed E-state index contributed by atoms with van der Waals surface area (Å²) in [5.74, 6) is -0.188. The molecule has 1 aromatic carbocycles. The molecular formula is C21H32N4O3. The van der Waals surface area contributed by atoms with E-state index in [0.717, 1.165) is 31.2 Å². The molecule has 0 aliphatic carbocycles. The number of carbonyl (C=O) groups is 1. The first kappa shape index (κ1) is 21.9. The van der Waals surface area contributed by atoms with Gasteiger partial charge in [0.2, 0.25) is 5.91 Å². The van der Waals surface area contributed by atoms with E-state index in [1.54, 1.807) is 19.1 Å². The molecule has 2 rings (SSSR count). The van der Waals surface area contributed by atoms with Crippen LogP contribution in [-0.4, -0.2) is 28.1 Å². The number of aromatic nitrogens is 2. The molecular weight excluding hydrogens is 356 g/mol. The zero-order valence-electron chi connectivity index (χ0n) is 17.2. The molecule has 2 aromatic rings. The van der Waals surface area contributed by atoms with Gasteiger partial charge in [-0.25, -0.2) is 4.79 Å². The third-order valence-electron chi connectivity index (χ3n) is 5.07. The van der Waals surface area contributed by atoms with Gasteiger partial charge in [0.15, 0.2) is 0 Å². The summed E-state index contributed by atoms with van der Waals surface area (Å²) in [6.45, 7) is 7.06. The SMILES string of the molecule is CCC(C(=O)NCCCCCCN)n1c(=O)n(CC)c(=O)c2cc(C)ccc21. The Labute approximate surface area is 165 Å². The number of benzene rings is 1. The van der Waals surface area contributed by atoms with Gasteiger partial charge < -0.3 is 11.1 Å². The molecule has 0 aliphatic heterocycles. The van der Waals surface area contributed by atoms with Crippen LogP contribution in [0.25, 0.3) is 10.9 Å². The van der Waals surface area contributed by atoms with Crippen molar-refractivity contribution in [2.45, 2.75) is 65.5 Å². The van der Waals surface area contributed by atoms with E-state index in [4.69, 9.17) is 5.73 Å². The largest absolute Gasteiger partial charge is 0.354 e. The number of nitrogens with one attached hydrogen (secondary N) is 1. The molecule has 0 aliphatic rings. The van der Waals surface area contributed by atoms with Gasteiger partial charge in [-0.1, -0.05) is 31.4 Å². The Bertz CT molecular complexity index is 930. The van der Waals surface area contributed by atoms with Gasteiger partial charge in [0, 0.05) is 13.1 Å². The van der Waals surface area contributed by atoms with E-state index in [1.807, 2.05) is 19.9 Å². The quantitative estimate of drug-likeness (QED) is 0.609. The number of nitrogens with zero attached hydrogens (tertiary/aromatic N) is 2. The molecule has 1 amide bonds. The molecule has 1 aromatic heterocycles. The predicted octanol–water partition coefficient (Wildman–Crippen LogP) is 2.08. The summed E-state index contributed by atoms with van der Waals surface area (Å²) >= 11 is 0. The Morgan fingerprint density at radius 1 is 1.14 bits per heavy atom. The van der Waals surface area contributed by atoms with Crippen LogP contribution in [-0.2, 0) is 11.3 Å². The molecule has 0 fully saturated rings. The minimum Gasteiger partial charge on any atom is -0.354 e. The van der Waals surface area contributed by atoms with Crippen molar-refractivity contribution in [1.29, 1.82) is 0 Å². The molecule has 0 bridgehead atoms. The fourth-order valence-electron chi connectivity index (χ4n) is 3.51. The molecule has 0 saturated heterocycles. The van der Waals surface area contributed by atoms with Crippen LogP contribution in [0.15, 0.2) is 27.8 Å². The van der Waals surface area contributed by atoms with Crippen LogP contribution in [0.3, 0.4) is 0 Å². The normalized spacial score (nSPS) is 12.3. The molecule has 28 heavy (non-hydrogen) atoms. The van der Waals surface area contributed by atoms with Crippen molar-refractivity contribution in [2.75, 3.05) is 13.1 Å². The highest BCUT2D eigenvalue weighted by Crippen LogP contribution is 2.18. The van der Waals surface area contributed by atoms with Crippen LogP contribution < -0.4 is 22.3 Å². The van der Waals surface area contributed by atoms with E-state index in [9.17, 15) is 14.4 Å². The average molecular weight is 389 g/mol. The van der Waals surface area contributed by atoms with Gasteiger partial charge in [0.1, 0.15) is 6.04 Å². The van der Waals surface area contributed by atoms with Crippen molar-refractivity contribution in [3.8, 4) is 0 Å². The van der Waals surface area contributed by atoms with Gasteiger partial charge in [-0.05, 0) is 51.8 Å². The maximum absolute atomic E-state index is 13.0. The molecule has 0 radical (unpaired) electrons. The van der Waals surface area contributed by atoms with E-state index in [2.05, 4.69) is 5.32 Å². The van der Waals surface area contributed by atoms with Crippen molar-refractivity contribution < 1.29 is 4.79 Å². The predicted molar refractivity (Wildman–Crippen MR) is 113 cm³/mol. The monoisotopic (exact) mass is 388 g/mol.